The monoisotopic (exact) mass is 452 g/mol. The van der Waals surface area contributed by atoms with Crippen molar-refractivity contribution in [2.45, 2.75) is 19.4 Å². The highest BCUT2D eigenvalue weighted by Crippen LogP contribution is 2.27. The molecule has 6 heteroatoms. The van der Waals surface area contributed by atoms with E-state index >= 15 is 0 Å². The van der Waals surface area contributed by atoms with E-state index in [4.69, 9.17) is 10.7 Å². The van der Waals surface area contributed by atoms with Gasteiger partial charge in [-0.05, 0) is 61.4 Å². The minimum atomic E-state index is -0.632. The summed E-state index contributed by atoms with van der Waals surface area (Å²) in [7, 11) is 0. The fourth-order valence-electron chi connectivity index (χ4n) is 3.95. The average molecular weight is 453 g/mol. The summed E-state index contributed by atoms with van der Waals surface area (Å²) >= 11 is 0. The number of anilines is 1. The number of fused-ring (bicyclic) bond motifs is 1. The minimum absolute atomic E-state index is 0.0984. The molecule has 0 unspecified atom stereocenters. The van der Waals surface area contributed by atoms with Crippen molar-refractivity contribution < 1.29 is 8.78 Å². The SMILES string of the molecule is CC1(C)CNC(c2ccc(C#Cc3cc(N)nc4cc(-c5cc(F)cc(F)c5)ccc34)cc2)=N1. The lowest BCUT2D eigenvalue weighted by Gasteiger charge is -2.09. The molecule has 1 aliphatic heterocycles. The first-order valence-corrected chi connectivity index (χ1v) is 10.9. The molecule has 0 saturated carbocycles. The second kappa shape index (κ2) is 8.27. The first-order valence-electron chi connectivity index (χ1n) is 10.9. The Morgan fingerprint density at radius 2 is 1.56 bits per heavy atom. The predicted molar refractivity (Wildman–Crippen MR) is 133 cm³/mol. The largest absolute Gasteiger partial charge is 0.384 e. The van der Waals surface area contributed by atoms with Gasteiger partial charge in [0.25, 0.3) is 0 Å². The summed E-state index contributed by atoms with van der Waals surface area (Å²) in [5.41, 5.74) is 10.2. The van der Waals surface area contributed by atoms with Gasteiger partial charge in [0.1, 0.15) is 23.3 Å². The molecule has 0 radical (unpaired) electrons. The Balaban J connectivity index is 1.47. The number of benzene rings is 3. The summed E-state index contributed by atoms with van der Waals surface area (Å²) in [6.07, 6.45) is 0. The van der Waals surface area contributed by atoms with Crippen LogP contribution >= 0.6 is 0 Å². The maximum absolute atomic E-state index is 13.7. The fraction of sp³-hybridized carbons (Fsp3) is 0.143. The van der Waals surface area contributed by atoms with Crippen LogP contribution in [0.3, 0.4) is 0 Å². The molecule has 3 aromatic carbocycles. The number of aromatic nitrogens is 1. The minimum Gasteiger partial charge on any atom is -0.384 e. The molecule has 2 heterocycles. The number of aliphatic imine (C=N–C) groups is 1. The molecule has 0 spiro atoms. The van der Waals surface area contributed by atoms with E-state index in [0.717, 1.165) is 40.5 Å². The molecule has 34 heavy (non-hydrogen) atoms. The second-order valence-corrected chi connectivity index (χ2v) is 8.94. The quantitative estimate of drug-likeness (QED) is 0.406. The number of pyridine rings is 1. The normalized spacial score (nSPS) is 14.3. The Morgan fingerprint density at radius 3 is 2.24 bits per heavy atom. The smallest absolute Gasteiger partial charge is 0.128 e. The van der Waals surface area contributed by atoms with Crippen LogP contribution in [0.5, 0.6) is 0 Å². The first kappa shape index (κ1) is 21.6. The summed E-state index contributed by atoms with van der Waals surface area (Å²) < 4.78 is 27.3. The van der Waals surface area contributed by atoms with Crippen molar-refractivity contribution in [3.8, 4) is 23.0 Å². The van der Waals surface area contributed by atoms with E-state index in [1.165, 1.54) is 12.1 Å². The molecule has 0 bridgehead atoms. The molecule has 1 aromatic heterocycles. The number of rotatable bonds is 2. The standard InChI is InChI=1S/C28H22F2N4/c1-28(2)16-32-27(34-28)18-6-3-17(4-7-18)5-8-20-14-26(31)33-25-13-19(9-10-24(20)25)21-11-22(29)15-23(30)12-21/h3-4,6-7,9-15H,16H2,1-2H3,(H2,31,33)(H,32,34). The van der Waals surface area contributed by atoms with Gasteiger partial charge in [0.15, 0.2) is 0 Å². The first-order chi connectivity index (χ1) is 16.3. The van der Waals surface area contributed by atoms with Gasteiger partial charge in [0.05, 0.1) is 11.1 Å². The van der Waals surface area contributed by atoms with Crippen LogP contribution in [0.2, 0.25) is 0 Å². The van der Waals surface area contributed by atoms with Gasteiger partial charge in [-0.25, -0.2) is 13.8 Å². The van der Waals surface area contributed by atoms with Crippen molar-refractivity contribution in [3.63, 3.8) is 0 Å². The van der Waals surface area contributed by atoms with Crippen LogP contribution in [0.1, 0.15) is 30.5 Å². The number of nitrogens with two attached hydrogens (primary N) is 1. The van der Waals surface area contributed by atoms with E-state index < -0.39 is 11.6 Å². The maximum atomic E-state index is 13.7. The van der Waals surface area contributed by atoms with E-state index in [9.17, 15) is 8.78 Å². The number of nitrogens with zero attached hydrogens (tertiary/aromatic N) is 2. The van der Waals surface area contributed by atoms with Crippen LogP contribution < -0.4 is 11.1 Å². The molecule has 1 aliphatic rings. The molecule has 0 aliphatic carbocycles. The summed E-state index contributed by atoms with van der Waals surface area (Å²) in [5.74, 6) is 6.32. The van der Waals surface area contributed by atoms with Crippen LogP contribution in [0.4, 0.5) is 14.6 Å². The second-order valence-electron chi connectivity index (χ2n) is 8.94. The molecule has 4 aromatic rings. The molecule has 0 amide bonds. The van der Waals surface area contributed by atoms with E-state index in [0.29, 0.717) is 22.5 Å². The molecular weight excluding hydrogens is 430 g/mol. The van der Waals surface area contributed by atoms with Crippen LogP contribution in [0, 0.1) is 23.5 Å². The van der Waals surface area contributed by atoms with E-state index in [1.54, 1.807) is 18.2 Å². The van der Waals surface area contributed by atoms with E-state index in [2.05, 4.69) is 36.0 Å². The lowest BCUT2D eigenvalue weighted by Crippen LogP contribution is -2.26. The zero-order valence-electron chi connectivity index (χ0n) is 18.8. The van der Waals surface area contributed by atoms with Gasteiger partial charge in [-0.1, -0.05) is 36.1 Å². The fourth-order valence-corrected chi connectivity index (χ4v) is 3.95. The van der Waals surface area contributed by atoms with Crippen molar-refractivity contribution >= 4 is 22.6 Å². The third-order valence-electron chi connectivity index (χ3n) is 5.63. The highest BCUT2D eigenvalue weighted by atomic mass is 19.1. The topological polar surface area (TPSA) is 63.3 Å². The molecule has 0 saturated heterocycles. The molecule has 3 N–H and O–H groups in total. The third-order valence-corrected chi connectivity index (χ3v) is 5.63. The van der Waals surface area contributed by atoms with Gasteiger partial charge < -0.3 is 11.1 Å². The predicted octanol–water partition coefficient (Wildman–Crippen LogP) is 5.29. The van der Waals surface area contributed by atoms with Gasteiger partial charge in [-0.3, -0.25) is 4.99 Å². The van der Waals surface area contributed by atoms with Crippen LogP contribution in [-0.2, 0) is 0 Å². The molecule has 0 fully saturated rings. The van der Waals surface area contributed by atoms with Crippen LogP contribution in [-0.4, -0.2) is 22.9 Å². The van der Waals surface area contributed by atoms with Gasteiger partial charge in [-0.15, -0.1) is 0 Å². The third kappa shape index (κ3) is 4.46. The average Bonchev–Trinajstić information content (AvgIpc) is 3.16. The summed E-state index contributed by atoms with van der Waals surface area (Å²) in [6.45, 7) is 5.00. The summed E-state index contributed by atoms with van der Waals surface area (Å²) in [6, 6.07) is 18.5. The maximum Gasteiger partial charge on any atom is 0.128 e. The van der Waals surface area contributed by atoms with Crippen LogP contribution in [0.25, 0.3) is 22.0 Å². The Labute approximate surface area is 196 Å². The molecular formula is C28H22F2N4. The lowest BCUT2D eigenvalue weighted by atomic mass is 10.0. The molecule has 168 valence electrons. The lowest BCUT2D eigenvalue weighted by molar-refractivity contribution is 0.549. The van der Waals surface area contributed by atoms with Crippen molar-refractivity contribution in [2.75, 3.05) is 12.3 Å². The Hall–Kier alpha value is -4.24. The van der Waals surface area contributed by atoms with Crippen molar-refractivity contribution in [2.24, 2.45) is 4.99 Å². The number of hydrogen-bond acceptors (Lipinski definition) is 4. The number of halogens is 2. The van der Waals surface area contributed by atoms with Crippen molar-refractivity contribution in [1.82, 2.24) is 10.3 Å². The number of nitrogen functional groups attached to an aromatic ring is 1. The highest BCUT2D eigenvalue weighted by molar-refractivity contribution is 6.00. The summed E-state index contributed by atoms with van der Waals surface area (Å²) in [4.78, 5) is 9.10. The highest BCUT2D eigenvalue weighted by Gasteiger charge is 2.24. The Morgan fingerprint density at radius 1 is 0.853 bits per heavy atom. The Kier molecular flexibility index (Phi) is 5.25. The number of hydrogen-bond donors (Lipinski definition) is 2. The van der Waals surface area contributed by atoms with E-state index in [1.807, 2.05) is 30.3 Å². The molecule has 4 nitrogen and oxygen atoms in total. The van der Waals surface area contributed by atoms with Gasteiger partial charge in [0.2, 0.25) is 0 Å². The zero-order chi connectivity index (χ0) is 23.9. The van der Waals surface area contributed by atoms with Gasteiger partial charge >= 0.3 is 0 Å². The van der Waals surface area contributed by atoms with Crippen LogP contribution in [0.15, 0.2) is 71.7 Å². The molecule has 0 atom stereocenters. The van der Waals surface area contributed by atoms with Gasteiger partial charge in [0, 0.05) is 34.7 Å². The van der Waals surface area contributed by atoms with Crippen molar-refractivity contribution in [3.05, 3.63) is 95.1 Å². The number of amidine groups is 1. The number of nitrogens with one attached hydrogen (secondary N) is 1. The zero-order valence-corrected chi connectivity index (χ0v) is 18.8. The molecule has 5 rings (SSSR count). The Bertz CT molecular complexity index is 1490. The van der Waals surface area contributed by atoms with Gasteiger partial charge in [-0.2, -0.15) is 0 Å². The van der Waals surface area contributed by atoms with Crippen molar-refractivity contribution in [1.29, 1.82) is 0 Å². The van der Waals surface area contributed by atoms with E-state index in [-0.39, 0.29) is 5.54 Å². The summed E-state index contributed by atoms with van der Waals surface area (Å²) in [5, 5.41) is 4.15.